The summed E-state index contributed by atoms with van der Waals surface area (Å²) in [6.45, 7) is 0.672. The summed E-state index contributed by atoms with van der Waals surface area (Å²) in [5, 5.41) is 20.9. The van der Waals surface area contributed by atoms with E-state index in [0.29, 0.717) is 13.0 Å². The van der Waals surface area contributed by atoms with Gasteiger partial charge >= 0.3 is 5.97 Å². The molecule has 1 unspecified atom stereocenters. The van der Waals surface area contributed by atoms with E-state index in [1.165, 1.54) is 6.07 Å². The number of pyridine rings is 1. The van der Waals surface area contributed by atoms with E-state index in [1.54, 1.807) is 6.07 Å². The number of nitrogens with one attached hydrogen (secondary N) is 1. The largest absolute Gasteiger partial charge is 0.477 e. The van der Waals surface area contributed by atoms with Gasteiger partial charge in [0.15, 0.2) is 0 Å². The summed E-state index contributed by atoms with van der Waals surface area (Å²) < 4.78 is 0. The Hall–Kier alpha value is -1.46. The standard InChI is InChI=1S/C10H12N2O3/c13-5-7-3-9-6(4-11-7)1-2-8(12-9)10(14)15/h1-2,7,11,13H,3-5H2,(H,14,15). The second-order valence-corrected chi connectivity index (χ2v) is 3.57. The summed E-state index contributed by atoms with van der Waals surface area (Å²) in [6.07, 6.45) is 0.576. The molecule has 80 valence electrons. The van der Waals surface area contributed by atoms with E-state index >= 15 is 0 Å². The zero-order chi connectivity index (χ0) is 10.8. The van der Waals surface area contributed by atoms with E-state index in [-0.39, 0.29) is 18.3 Å². The van der Waals surface area contributed by atoms with Crippen molar-refractivity contribution < 1.29 is 15.0 Å². The van der Waals surface area contributed by atoms with Crippen LogP contribution in [-0.4, -0.2) is 33.8 Å². The summed E-state index contributed by atoms with van der Waals surface area (Å²) in [5.41, 5.74) is 1.84. The van der Waals surface area contributed by atoms with E-state index in [9.17, 15) is 4.79 Å². The van der Waals surface area contributed by atoms with Crippen LogP contribution in [0.15, 0.2) is 12.1 Å². The topological polar surface area (TPSA) is 82.5 Å². The van der Waals surface area contributed by atoms with Gasteiger partial charge in [0.05, 0.1) is 6.61 Å². The maximum absolute atomic E-state index is 10.7. The molecule has 15 heavy (non-hydrogen) atoms. The fourth-order valence-electron chi connectivity index (χ4n) is 1.68. The Balaban J connectivity index is 2.30. The molecule has 1 aliphatic rings. The number of carboxylic acid groups (broad SMARTS) is 1. The van der Waals surface area contributed by atoms with Crippen molar-refractivity contribution in [2.45, 2.75) is 19.0 Å². The highest BCUT2D eigenvalue weighted by Gasteiger charge is 2.19. The first-order chi connectivity index (χ1) is 7.20. The molecule has 1 aliphatic heterocycles. The fourth-order valence-corrected chi connectivity index (χ4v) is 1.68. The number of fused-ring (bicyclic) bond motifs is 1. The minimum absolute atomic E-state index is 0.0194. The number of carboxylic acids is 1. The Morgan fingerprint density at radius 3 is 3.07 bits per heavy atom. The van der Waals surface area contributed by atoms with Crippen molar-refractivity contribution in [1.82, 2.24) is 10.3 Å². The summed E-state index contributed by atoms with van der Waals surface area (Å²) >= 11 is 0. The molecule has 0 amide bonds. The Morgan fingerprint density at radius 2 is 2.40 bits per heavy atom. The monoisotopic (exact) mass is 208 g/mol. The van der Waals surface area contributed by atoms with Gasteiger partial charge in [0.25, 0.3) is 0 Å². The molecule has 0 spiro atoms. The normalized spacial score (nSPS) is 19.7. The van der Waals surface area contributed by atoms with Crippen LogP contribution in [-0.2, 0) is 13.0 Å². The third-order valence-corrected chi connectivity index (χ3v) is 2.53. The highest BCUT2D eigenvalue weighted by atomic mass is 16.4. The Morgan fingerprint density at radius 1 is 1.60 bits per heavy atom. The number of aliphatic hydroxyl groups excluding tert-OH is 1. The van der Waals surface area contributed by atoms with Crippen molar-refractivity contribution in [3.05, 3.63) is 29.1 Å². The van der Waals surface area contributed by atoms with E-state index in [1.807, 2.05) is 0 Å². The molecule has 0 aromatic carbocycles. The predicted octanol–water partition coefficient (Wildman–Crippen LogP) is -0.214. The molecule has 1 atom stereocenters. The van der Waals surface area contributed by atoms with E-state index < -0.39 is 5.97 Å². The highest BCUT2D eigenvalue weighted by Crippen LogP contribution is 2.15. The van der Waals surface area contributed by atoms with Gasteiger partial charge in [-0.1, -0.05) is 6.07 Å². The molecule has 2 rings (SSSR count). The van der Waals surface area contributed by atoms with Crippen molar-refractivity contribution >= 4 is 5.97 Å². The number of carbonyl (C=O) groups is 1. The number of hydrogen-bond donors (Lipinski definition) is 3. The van der Waals surface area contributed by atoms with Gasteiger partial charge < -0.3 is 15.5 Å². The Kier molecular flexibility index (Phi) is 2.66. The average molecular weight is 208 g/mol. The van der Waals surface area contributed by atoms with Crippen LogP contribution in [0.3, 0.4) is 0 Å². The predicted molar refractivity (Wildman–Crippen MR) is 52.6 cm³/mol. The molecule has 0 aliphatic carbocycles. The minimum atomic E-state index is -1.02. The number of aliphatic hydroxyl groups is 1. The average Bonchev–Trinajstić information content (AvgIpc) is 2.27. The zero-order valence-corrected chi connectivity index (χ0v) is 8.10. The fraction of sp³-hybridized carbons (Fsp3) is 0.400. The second kappa shape index (κ2) is 3.96. The molecule has 0 saturated heterocycles. The number of aromatic carboxylic acids is 1. The first kappa shape index (κ1) is 10.1. The van der Waals surface area contributed by atoms with Crippen molar-refractivity contribution in [3.63, 3.8) is 0 Å². The number of hydrogen-bond acceptors (Lipinski definition) is 4. The van der Waals surface area contributed by atoms with Crippen molar-refractivity contribution in [3.8, 4) is 0 Å². The lowest BCUT2D eigenvalue weighted by Gasteiger charge is -2.23. The SMILES string of the molecule is O=C(O)c1ccc2c(n1)CC(CO)NC2. The second-order valence-electron chi connectivity index (χ2n) is 3.57. The Labute approximate surface area is 86.8 Å². The lowest BCUT2D eigenvalue weighted by molar-refractivity contribution is 0.0690. The molecule has 0 bridgehead atoms. The lowest BCUT2D eigenvalue weighted by atomic mass is 10.0. The van der Waals surface area contributed by atoms with E-state index in [2.05, 4.69) is 10.3 Å². The maximum atomic E-state index is 10.7. The Bertz CT molecular complexity index is 392. The minimum Gasteiger partial charge on any atom is -0.477 e. The number of nitrogens with zero attached hydrogens (tertiary/aromatic N) is 1. The van der Waals surface area contributed by atoms with Gasteiger partial charge in [0.2, 0.25) is 0 Å². The van der Waals surface area contributed by atoms with Crippen LogP contribution in [0, 0.1) is 0 Å². The number of rotatable bonds is 2. The highest BCUT2D eigenvalue weighted by molar-refractivity contribution is 5.85. The van der Waals surface area contributed by atoms with Crippen molar-refractivity contribution in [2.75, 3.05) is 6.61 Å². The third kappa shape index (κ3) is 1.98. The van der Waals surface area contributed by atoms with Crippen LogP contribution in [0.4, 0.5) is 0 Å². The quantitative estimate of drug-likeness (QED) is 0.626. The first-order valence-electron chi connectivity index (χ1n) is 4.77. The van der Waals surface area contributed by atoms with Gasteiger partial charge in [0, 0.05) is 24.7 Å². The van der Waals surface area contributed by atoms with Gasteiger partial charge in [0.1, 0.15) is 5.69 Å². The van der Waals surface area contributed by atoms with Crippen LogP contribution < -0.4 is 5.32 Å². The summed E-state index contributed by atoms with van der Waals surface area (Å²) in [5.74, 6) is -1.02. The smallest absolute Gasteiger partial charge is 0.354 e. The third-order valence-electron chi connectivity index (χ3n) is 2.53. The summed E-state index contributed by atoms with van der Waals surface area (Å²) in [7, 11) is 0. The van der Waals surface area contributed by atoms with Gasteiger partial charge in [-0.05, 0) is 11.6 Å². The van der Waals surface area contributed by atoms with Gasteiger partial charge in [-0.25, -0.2) is 9.78 Å². The van der Waals surface area contributed by atoms with Crippen LogP contribution in [0.25, 0.3) is 0 Å². The molecule has 5 nitrogen and oxygen atoms in total. The molecular weight excluding hydrogens is 196 g/mol. The molecule has 1 aromatic rings. The van der Waals surface area contributed by atoms with Crippen LogP contribution in [0.5, 0.6) is 0 Å². The van der Waals surface area contributed by atoms with E-state index in [0.717, 1.165) is 11.3 Å². The molecule has 5 heteroatoms. The molecule has 0 saturated carbocycles. The summed E-state index contributed by atoms with van der Waals surface area (Å²) in [6, 6.07) is 3.25. The molecule has 1 aromatic heterocycles. The van der Waals surface area contributed by atoms with Gasteiger partial charge in [-0.3, -0.25) is 0 Å². The number of aromatic nitrogens is 1. The molecule has 2 heterocycles. The van der Waals surface area contributed by atoms with Gasteiger partial charge in [-0.15, -0.1) is 0 Å². The first-order valence-corrected chi connectivity index (χ1v) is 4.77. The van der Waals surface area contributed by atoms with Crippen LogP contribution in [0.2, 0.25) is 0 Å². The van der Waals surface area contributed by atoms with Crippen LogP contribution in [0.1, 0.15) is 21.7 Å². The molecule has 0 radical (unpaired) electrons. The molecule has 3 N–H and O–H groups in total. The lowest BCUT2D eigenvalue weighted by Crippen LogP contribution is -2.38. The van der Waals surface area contributed by atoms with Gasteiger partial charge in [-0.2, -0.15) is 0 Å². The van der Waals surface area contributed by atoms with Crippen molar-refractivity contribution in [2.24, 2.45) is 0 Å². The zero-order valence-electron chi connectivity index (χ0n) is 8.10. The maximum Gasteiger partial charge on any atom is 0.354 e. The molecule has 0 fully saturated rings. The molecular formula is C10H12N2O3. The summed E-state index contributed by atoms with van der Waals surface area (Å²) in [4.78, 5) is 14.8. The van der Waals surface area contributed by atoms with E-state index in [4.69, 9.17) is 10.2 Å². The van der Waals surface area contributed by atoms with Crippen molar-refractivity contribution in [1.29, 1.82) is 0 Å². The van der Waals surface area contributed by atoms with Crippen LogP contribution >= 0.6 is 0 Å².